The van der Waals surface area contributed by atoms with Gasteiger partial charge in [0.15, 0.2) is 0 Å². The van der Waals surface area contributed by atoms with Crippen molar-refractivity contribution in [1.29, 1.82) is 0 Å². The Bertz CT molecular complexity index is 2930. The molecule has 6 aromatic rings. The highest BCUT2D eigenvalue weighted by Gasteiger charge is 2.31. The molecule has 316 valence electrons. The van der Waals surface area contributed by atoms with Crippen LogP contribution in [-0.4, -0.2) is 4.57 Å². The lowest BCUT2D eigenvalue weighted by atomic mass is 9.80. The first kappa shape index (κ1) is 43.0. The van der Waals surface area contributed by atoms with Gasteiger partial charge < -0.3 is 9.47 Å². The summed E-state index contributed by atoms with van der Waals surface area (Å²) in [5, 5.41) is 2.58. The summed E-state index contributed by atoms with van der Waals surface area (Å²) in [5.41, 5.74) is 18.3. The average molecular weight is 823 g/mol. The number of anilines is 1. The van der Waals surface area contributed by atoms with Gasteiger partial charge in [-0.25, -0.2) is 0 Å². The lowest BCUT2D eigenvalue weighted by Gasteiger charge is -2.38. The summed E-state index contributed by atoms with van der Waals surface area (Å²) in [6.07, 6.45) is 27.5. The van der Waals surface area contributed by atoms with Crippen molar-refractivity contribution in [3.63, 3.8) is 0 Å². The minimum Gasteiger partial charge on any atom is -0.337 e. The molecule has 0 saturated heterocycles. The Morgan fingerprint density at radius 1 is 0.857 bits per heavy atom. The molecule has 0 fully saturated rings. The minimum absolute atomic E-state index is 0.199. The van der Waals surface area contributed by atoms with E-state index in [9.17, 15) is 0 Å². The third-order valence-electron chi connectivity index (χ3n) is 13.2. The lowest BCUT2D eigenvalue weighted by Crippen LogP contribution is -2.28. The van der Waals surface area contributed by atoms with Crippen LogP contribution in [-0.2, 0) is 5.41 Å². The van der Waals surface area contributed by atoms with Gasteiger partial charge in [0.2, 0.25) is 0 Å². The molecule has 0 bridgehead atoms. The fraction of sp³-hybridized carbons (Fsp3) is 0.213. The van der Waals surface area contributed by atoms with Crippen LogP contribution < -0.4 is 4.90 Å². The smallest absolute Gasteiger partial charge is 0.0505 e. The zero-order chi connectivity index (χ0) is 44.3. The third kappa shape index (κ3) is 8.48. The Kier molecular flexibility index (Phi) is 12.5. The van der Waals surface area contributed by atoms with Gasteiger partial charge in [-0.05, 0) is 139 Å². The quantitative estimate of drug-likeness (QED) is 0.105. The molecule has 1 aliphatic carbocycles. The number of para-hydroxylation sites is 1. The van der Waals surface area contributed by atoms with Crippen molar-refractivity contribution in [1.82, 2.24) is 4.57 Å². The van der Waals surface area contributed by atoms with Gasteiger partial charge in [0.1, 0.15) is 0 Å². The summed E-state index contributed by atoms with van der Waals surface area (Å²) in [7, 11) is 0. The van der Waals surface area contributed by atoms with Crippen LogP contribution in [0.15, 0.2) is 206 Å². The number of allylic oxidation sites excluding steroid dienone is 14. The van der Waals surface area contributed by atoms with Gasteiger partial charge in [0.05, 0.1) is 5.69 Å². The molecule has 63 heavy (non-hydrogen) atoms. The van der Waals surface area contributed by atoms with E-state index in [0.717, 1.165) is 19.3 Å². The van der Waals surface area contributed by atoms with Crippen molar-refractivity contribution in [2.75, 3.05) is 4.90 Å². The van der Waals surface area contributed by atoms with E-state index in [2.05, 4.69) is 235 Å². The van der Waals surface area contributed by atoms with Crippen molar-refractivity contribution in [2.24, 2.45) is 0 Å². The Balaban J connectivity index is 1.29. The van der Waals surface area contributed by atoms with Crippen LogP contribution >= 0.6 is 0 Å². The maximum absolute atomic E-state index is 4.30. The van der Waals surface area contributed by atoms with Gasteiger partial charge in [-0.2, -0.15) is 0 Å². The Hall–Kier alpha value is -6.64. The molecule has 0 N–H and O–H groups in total. The number of rotatable bonds is 13. The van der Waals surface area contributed by atoms with Gasteiger partial charge in [-0.15, -0.1) is 0 Å². The van der Waals surface area contributed by atoms with Gasteiger partial charge >= 0.3 is 0 Å². The maximum Gasteiger partial charge on any atom is 0.0505 e. The van der Waals surface area contributed by atoms with Crippen LogP contribution in [0.5, 0.6) is 0 Å². The molecule has 2 heterocycles. The van der Waals surface area contributed by atoms with Crippen molar-refractivity contribution >= 4 is 38.6 Å². The number of aromatic nitrogens is 1. The number of aryl methyl sites for hydroxylation is 1. The summed E-state index contributed by atoms with van der Waals surface area (Å²) in [4.78, 5) is 2.47. The van der Waals surface area contributed by atoms with Crippen molar-refractivity contribution in [3.05, 3.63) is 234 Å². The SMILES string of the molecule is C=C/C=C\CC(C)n1c2ccccc2c2cc(C(C)(C)/C=C(\C=C(/C)c3ccc(-c4ccccc4C)cc3)c3ccc4c(c3)N(C3=CCCC=C3)C(/C=C\C)=C(C=C)C4C)ccc21. The highest BCUT2D eigenvalue weighted by atomic mass is 15.2. The average Bonchev–Trinajstić information content (AvgIpc) is 3.63. The third-order valence-corrected chi connectivity index (χ3v) is 13.2. The molecule has 2 atom stereocenters. The largest absolute Gasteiger partial charge is 0.337 e. The summed E-state index contributed by atoms with van der Waals surface area (Å²) >= 11 is 0. The van der Waals surface area contributed by atoms with E-state index in [4.69, 9.17) is 0 Å². The number of benzene rings is 5. The number of hydrogen-bond donors (Lipinski definition) is 0. The van der Waals surface area contributed by atoms with Crippen molar-refractivity contribution in [3.8, 4) is 11.1 Å². The van der Waals surface area contributed by atoms with Gasteiger partial charge in [-0.1, -0.05) is 174 Å². The highest BCUT2D eigenvalue weighted by molar-refractivity contribution is 6.08. The fourth-order valence-corrected chi connectivity index (χ4v) is 9.75. The second kappa shape index (κ2) is 18.4. The predicted octanol–water partition coefficient (Wildman–Crippen LogP) is 17.1. The molecule has 2 aliphatic rings. The van der Waals surface area contributed by atoms with Gasteiger partial charge in [-0.3, -0.25) is 0 Å². The van der Waals surface area contributed by atoms with E-state index in [0.29, 0.717) is 6.04 Å². The number of hydrogen-bond acceptors (Lipinski definition) is 1. The molecule has 0 spiro atoms. The van der Waals surface area contributed by atoms with Gasteiger partial charge in [0.25, 0.3) is 0 Å². The second-order valence-electron chi connectivity index (χ2n) is 17.9. The number of fused-ring (bicyclic) bond motifs is 4. The van der Waals surface area contributed by atoms with E-state index < -0.39 is 0 Å². The molecule has 0 saturated carbocycles. The van der Waals surface area contributed by atoms with Crippen molar-refractivity contribution < 1.29 is 0 Å². The molecular weight excluding hydrogens is 761 g/mol. The Morgan fingerprint density at radius 3 is 2.33 bits per heavy atom. The second-order valence-corrected chi connectivity index (χ2v) is 17.9. The zero-order valence-electron chi connectivity index (χ0n) is 38.3. The molecule has 0 radical (unpaired) electrons. The first-order valence-corrected chi connectivity index (χ1v) is 22.7. The van der Waals surface area contributed by atoms with Crippen molar-refractivity contribution in [2.45, 2.75) is 85.1 Å². The minimum atomic E-state index is -0.319. The summed E-state index contributed by atoms with van der Waals surface area (Å²) in [6.45, 7) is 24.1. The summed E-state index contributed by atoms with van der Waals surface area (Å²) in [5.74, 6) is 0.199. The first-order chi connectivity index (χ1) is 30.5. The predicted molar refractivity (Wildman–Crippen MR) is 275 cm³/mol. The monoisotopic (exact) mass is 822 g/mol. The van der Waals surface area contributed by atoms with E-state index in [-0.39, 0.29) is 11.3 Å². The van der Waals surface area contributed by atoms with Crippen LogP contribution in [0.25, 0.3) is 44.1 Å². The first-order valence-electron chi connectivity index (χ1n) is 22.7. The molecular formula is C61H62N2. The Labute approximate surface area is 376 Å². The summed E-state index contributed by atoms with van der Waals surface area (Å²) in [6, 6.07) is 41.1. The molecule has 0 amide bonds. The molecule has 5 aromatic carbocycles. The standard InChI is InChI=1S/C61H62N2/c1-10-13-15-24-44(6)62-58-29-21-20-28-55(58)56-40-50(35-37-59(56)62)61(8,9)41-49(38-43(5)46-30-32-47(33-31-46)53-27-19-18-23-42(53)4)48-34-36-54-45(7)52(12-3)57(22-11-2)63(60(54)39-48)51-25-16-14-17-26-51/h10-13,15-16,18-23,25-41,44-45H,1,3,14,17,24H2,2,4-9H3/b15-13-,22-11-,43-38+,49-41+. The molecule has 8 rings (SSSR count). The van der Waals surface area contributed by atoms with Crippen LogP contribution in [0.2, 0.25) is 0 Å². The lowest BCUT2D eigenvalue weighted by molar-refractivity contribution is 0.590. The fourth-order valence-electron chi connectivity index (χ4n) is 9.75. The van der Waals surface area contributed by atoms with E-state index >= 15 is 0 Å². The van der Waals surface area contributed by atoms with Crippen LogP contribution in [0.1, 0.15) is 101 Å². The van der Waals surface area contributed by atoms with Crippen LogP contribution in [0.3, 0.4) is 0 Å². The van der Waals surface area contributed by atoms with E-state index in [1.807, 2.05) is 12.2 Å². The molecule has 2 nitrogen and oxygen atoms in total. The normalized spacial score (nSPS) is 16.7. The molecule has 1 aliphatic heterocycles. The molecule has 2 unspecified atom stereocenters. The Morgan fingerprint density at radius 2 is 1.60 bits per heavy atom. The summed E-state index contributed by atoms with van der Waals surface area (Å²) < 4.78 is 2.51. The maximum atomic E-state index is 4.30. The highest BCUT2D eigenvalue weighted by Crippen LogP contribution is 2.46. The topological polar surface area (TPSA) is 8.17 Å². The zero-order valence-corrected chi connectivity index (χ0v) is 38.3. The van der Waals surface area contributed by atoms with E-state index in [1.165, 1.54) is 94.6 Å². The van der Waals surface area contributed by atoms with Crippen LogP contribution in [0, 0.1) is 6.92 Å². The molecule has 2 heteroatoms. The van der Waals surface area contributed by atoms with E-state index in [1.54, 1.807) is 0 Å². The van der Waals surface area contributed by atoms with Crippen LogP contribution in [0.4, 0.5) is 5.69 Å². The van der Waals surface area contributed by atoms with Gasteiger partial charge in [0, 0.05) is 50.6 Å². The number of nitrogens with zero attached hydrogens (tertiary/aromatic N) is 2. The molecule has 1 aromatic heterocycles.